The first-order chi connectivity index (χ1) is 6.43. The Morgan fingerprint density at radius 1 is 1.14 bits per heavy atom. The van der Waals surface area contributed by atoms with Crippen LogP contribution in [-0.4, -0.2) is 6.54 Å². The second kappa shape index (κ2) is 4.52. The number of hydrogen-bond donors (Lipinski definition) is 1. The average Bonchev–Trinajstić information content (AvgIpc) is 2.01. The lowest BCUT2D eigenvalue weighted by Crippen LogP contribution is -2.25. The monoisotopic (exact) mass is 231 g/mol. The highest BCUT2D eigenvalue weighted by Gasteiger charge is 2.16. The van der Waals surface area contributed by atoms with Crippen LogP contribution in [0.3, 0.4) is 0 Å². The molecule has 0 fully saturated rings. The Morgan fingerprint density at radius 2 is 1.64 bits per heavy atom. The van der Waals surface area contributed by atoms with E-state index in [4.69, 9.17) is 28.9 Å². The van der Waals surface area contributed by atoms with E-state index in [-0.39, 0.29) is 5.41 Å². The van der Waals surface area contributed by atoms with Crippen LogP contribution >= 0.6 is 23.2 Å². The van der Waals surface area contributed by atoms with Crippen LogP contribution in [0.25, 0.3) is 0 Å². The molecule has 0 atom stereocenters. The summed E-state index contributed by atoms with van der Waals surface area (Å²) in [6.45, 7) is 4.90. The molecule has 78 valence electrons. The average molecular weight is 232 g/mol. The SMILES string of the molecule is CC(C)(CN)Cc1cc(Cl)cc(Cl)c1. The predicted molar refractivity (Wildman–Crippen MR) is 63.0 cm³/mol. The molecule has 0 aliphatic carbocycles. The minimum atomic E-state index is 0.0913. The van der Waals surface area contributed by atoms with Crippen molar-refractivity contribution >= 4 is 23.2 Å². The highest BCUT2D eigenvalue weighted by molar-refractivity contribution is 6.34. The minimum absolute atomic E-state index is 0.0913. The second-order valence-electron chi connectivity index (χ2n) is 4.32. The van der Waals surface area contributed by atoms with E-state index in [2.05, 4.69) is 13.8 Å². The van der Waals surface area contributed by atoms with Crippen LogP contribution in [0.15, 0.2) is 18.2 Å². The molecule has 0 spiro atoms. The standard InChI is InChI=1S/C11H15Cl2N/c1-11(2,7-14)6-8-3-9(12)5-10(13)4-8/h3-5H,6-7,14H2,1-2H3. The lowest BCUT2D eigenvalue weighted by molar-refractivity contribution is 0.377. The van der Waals surface area contributed by atoms with Crippen LogP contribution in [0.4, 0.5) is 0 Å². The zero-order valence-electron chi connectivity index (χ0n) is 8.48. The quantitative estimate of drug-likeness (QED) is 0.847. The molecule has 0 aliphatic rings. The van der Waals surface area contributed by atoms with E-state index < -0.39 is 0 Å². The molecule has 3 heteroatoms. The molecule has 1 aromatic rings. The van der Waals surface area contributed by atoms with E-state index in [1.54, 1.807) is 6.07 Å². The van der Waals surface area contributed by atoms with Crippen LogP contribution in [0, 0.1) is 5.41 Å². The van der Waals surface area contributed by atoms with Gasteiger partial charge in [-0.1, -0.05) is 37.0 Å². The summed E-state index contributed by atoms with van der Waals surface area (Å²) in [4.78, 5) is 0. The van der Waals surface area contributed by atoms with E-state index in [0.29, 0.717) is 16.6 Å². The Morgan fingerprint density at radius 3 is 2.07 bits per heavy atom. The lowest BCUT2D eigenvalue weighted by Gasteiger charge is -2.22. The van der Waals surface area contributed by atoms with Gasteiger partial charge < -0.3 is 5.73 Å². The normalized spacial score (nSPS) is 11.8. The summed E-state index contributed by atoms with van der Waals surface area (Å²) in [5.41, 5.74) is 6.89. The number of hydrogen-bond acceptors (Lipinski definition) is 1. The van der Waals surface area contributed by atoms with Crippen molar-refractivity contribution in [1.82, 2.24) is 0 Å². The Labute approximate surface area is 95.2 Å². The first-order valence-electron chi connectivity index (χ1n) is 4.58. The van der Waals surface area contributed by atoms with E-state index in [1.807, 2.05) is 12.1 Å². The first-order valence-corrected chi connectivity index (χ1v) is 5.33. The molecular formula is C11H15Cl2N. The molecule has 1 rings (SSSR count). The van der Waals surface area contributed by atoms with E-state index in [9.17, 15) is 0 Å². The van der Waals surface area contributed by atoms with Crippen LogP contribution in [0.5, 0.6) is 0 Å². The molecule has 0 bridgehead atoms. The minimum Gasteiger partial charge on any atom is -0.330 e. The maximum absolute atomic E-state index is 5.91. The van der Waals surface area contributed by atoms with E-state index >= 15 is 0 Å². The predicted octanol–water partition coefficient (Wildman–Crippen LogP) is 3.52. The Balaban J connectivity index is 2.87. The maximum atomic E-state index is 5.91. The summed E-state index contributed by atoms with van der Waals surface area (Å²) in [5, 5.41) is 1.36. The molecule has 2 N–H and O–H groups in total. The summed E-state index contributed by atoms with van der Waals surface area (Å²) in [6, 6.07) is 5.61. The topological polar surface area (TPSA) is 26.0 Å². The van der Waals surface area contributed by atoms with Crippen LogP contribution in [0.2, 0.25) is 10.0 Å². The van der Waals surface area contributed by atoms with Gasteiger partial charge in [0.25, 0.3) is 0 Å². The summed E-state index contributed by atoms with van der Waals surface area (Å²) in [6.07, 6.45) is 0.893. The molecule has 1 aromatic carbocycles. The Bertz CT molecular complexity index is 301. The third-order valence-corrected chi connectivity index (χ3v) is 2.59. The third kappa shape index (κ3) is 3.49. The molecule has 0 saturated carbocycles. The fourth-order valence-corrected chi connectivity index (χ4v) is 1.91. The third-order valence-electron chi connectivity index (χ3n) is 2.16. The molecule has 0 heterocycles. The van der Waals surface area contributed by atoms with Gasteiger partial charge in [0.15, 0.2) is 0 Å². The number of halogens is 2. The van der Waals surface area contributed by atoms with Crippen molar-refractivity contribution in [2.24, 2.45) is 11.1 Å². The zero-order valence-corrected chi connectivity index (χ0v) is 9.99. The number of nitrogens with two attached hydrogens (primary N) is 1. The molecule has 0 saturated heterocycles. The molecule has 0 unspecified atom stereocenters. The maximum Gasteiger partial charge on any atom is 0.0423 e. The molecule has 0 radical (unpaired) electrons. The van der Waals surface area contributed by atoms with Gasteiger partial charge in [-0.3, -0.25) is 0 Å². The highest BCUT2D eigenvalue weighted by atomic mass is 35.5. The molecule has 1 nitrogen and oxygen atoms in total. The number of rotatable bonds is 3. The van der Waals surface area contributed by atoms with Crippen molar-refractivity contribution in [2.75, 3.05) is 6.54 Å². The number of benzene rings is 1. The van der Waals surface area contributed by atoms with Gasteiger partial charge in [0, 0.05) is 10.0 Å². The van der Waals surface area contributed by atoms with Crippen LogP contribution in [0.1, 0.15) is 19.4 Å². The van der Waals surface area contributed by atoms with Crippen molar-refractivity contribution < 1.29 is 0 Å². The smallest absolute Gasteiger partial charge is 0.0423 e. The second-order valence-corrected chi connectivity index (χ2v) is 5.20. The Kier molecular flexibility index (Phi) is 3.82. The Hall–Kier alpha value is -0.240. The van der Waals surface area contributed by atoms with Crippen LogP contribution < -0.4 is 5.73 Å². The first kappa shape index (κ1) is 11.8. The van der Waals surface area contributed by atoms with Crippen molar-refractivity contribution in [1.29, 1.82) is 0 Å². The van der Waals surface area contributed by atoms with Gasteiger partial charge in [-0.25, -0.2) is 0 Å². The molecular weight excluding hydrogens is 217 g/mol. The van der Waals surface area contributed by atoms with Gasteiger partial charge in [-0.2, -0.15) is 0 Å². The summed E-state index contributed by atoms with van der Waals surface area (Å²) < 4.78 is 0. The van der Waals surface area contributed by atoms with E-state index in [0.717, 1.165) is 12.0 Å². The fraction of sp³-hybridized carbons (Fsp3) is 0.455. The highest BCUT2D eigenvalue weighted by Crippen LogP contribution is 2.25. The van der Waals surface area contributed by atoms with Gasteiger partial charge >= 0.3 is 0 Å². The van der Waals surface area contributed by atoms with Crippen LogP contribution in [-0.2, 0) is 6.42 Å². The fourth-order valence-electron chi connectivity index (χ4n) is 1.34. The lowest BCUT2D eigenvalue weighted by atomic mass is 9.86. The molecule has 0 amide bonds. The molecule has 0 aliphatic heterocycles. The summed E-state index contributed by atoms with van der Waals surface area (Å²) >= 11 is 11.8. The van der Waals surface area contributed by atoms with Gasteiger partial charge in [-0.15, -0.1) is 0 Å². The van der Waals surface area contributed by atoms with Gasteiger partial charge in [-0.05, 0) is 42.1 Å². The zero-order chi connectivity index (χ0) is 10.8. The molecule has 14 heavy (non-hydrogen) atoms. The van der Waals surface area contributed by atoms with E-state index in [1.165, 1.54) is 0 Å². The van der Waals surface area contributed by atoms with Crippen molar-refractivity contribution in [3.63, 3.8) is 0 Å². The summed E-state index contributed by atoms with van der Waals surface area (Å²) in [7, 11) is 0. The van der Waals surface area contributed by atoms with Gasteiger partial charge in [0.1, 0.15) is 0 Å². The van der Waals surface area contributed by atoms with Crippen molar-refractivity contribution in [2.45, 2.75) is 20.3 Å². The van der Waals surface area contributed by atoms with Crippen molar-refractivity contribution in [3.8, 4) is 0 Å². The molecule has 0 aromatic heterocycles. The van der Waals surface area contributed by atoms with Gasteiger partial charge in [0.2, 0.25) is 0 Å². The largest absolute Gasteiger partial charge is 0.330 e. The van der Waals surface area contributed by atoms with Gasteiger partial charge in [0.05, 0.1) is 0 Å². The van der Waals surface area contributed by atoms with Crippen molar-refractivity contribution in [3.05, 3.63) is 33.8 Å². The summed E-state index contributed by atoms with van der Waals surface area (Å²) in [5.74, 6) is 0.